The molecule has 31 heavy (non-hydrogen) atoms. The normalized spacial score (nSPS) is 12.2. The average molecular weight is 445 g/mol. The number of carbonyl (C=O) groups excluding carboxylic acids is 1. The summed E-state index contributed by atoms with van der Waals surface area (Å²) in [6.07, 6.45) is -10.0. The molecular formula is C20H14F7N3O. The van der Waals surface area contributed by atoms with Gasteiger partial charge in [-0.3, -0.25) is 4.79 Å². The topological polar surface area (TPSA) is 46.9 Å². The predicted molar refractivity (Wildman–Crippen MR) is 97.7 cm³/mol. The summed E-state index contributed by atoms with van der Waals surface area (Å²) < 4.78 is 94.1. The molecule has 11 heteroatoms. The van der Waals surface area contributed by atoms with E-state index in [1.54, 1.807) is 0 Å². The molecule has 1 aromatic heterocycles. The van der Waals surface area contributed by atoms with E-state index in [1.807, 2.05) is 0 Å². The van der Waals surface area contributed by atoms with Crippen molar-refractivity contribution in [3.63, 3.8) is 0 Å². The number of anilines is 1. The zero-order valence-corrected chi connectivity index (χ0v) is 16.0. The molecule has 1 heterocycles. The zero-order valence-electron chi connectivity index (χ0n) is 16.0. The van der Waals surface area contributed by atoms with E-state index in [0.717, 1.165) is 4.68 Å². The number of amides is 1. The van der Waals surface area contributed by atoms with Crippen LogP contribution in [0.1, 0.15) is 27.2 Å². The Labute approximate surface area is 171 Å². The third-order valence-electron chi connectivity index (χ3n) is 4.45. The summed E-state index contributed by atoms with van der Waals surface area (Å²) in [5, 5.41) is 6.10. The fourth-order valence-electron chi connectivity index (χ4n) is 3.03. The van der Waals surface area contributed by atoms with Crippen LogP contribution in [0.2, 0.25) is 0 Å². The van der Waals surface area contributed by atoms with Crippen LogP contribution in [0.5, 0.6) is 0 Å². The van der Waals surface area contributed by atoms with Gasteiger partial charge in [-0.15, -0.1) is 0 Å². The van der Waals surface area contributed by atoms with E-state index in [4.69, 9.17) is 0 Å². The van der Waals surface area contributed by atoms with Crippen LogP contribution in [0.4, 0.5) is 36.4 Å². The molecule has 0 spiro atoms. The molecule has 0 aliphatic carbocycles. The Morgan fingerprint density at radius 3 is 2.00 bits per heavy atom. The number of aryl methyl sites for hydroxylation is 2. The lowest BCUT2D eigenvalue weighted by atomic mass is 9.97. The van der Waals surface area contributed by atoms with Crippen molar-refractivity contribution < 1.29 is 35.5 Å². The van der Waals surface area contributed by atoms with Crippen molar-refractivity contribution in [2.45, 2.75) is 19.3 Å². The van der Waals surface area contributed by atoms with Crippen LogP contribution in [-0.2, 0) is 19.4 Å². The van der Waals surface area contributed by atoms with Crippen molar-refractivity contribution in [1.82, 2.24) is 9.78 Å². The minimum Gasteiger partial charge on any atom is -0.321 e. The Balaban J connectivity index is 2.11. The Morgan fingerprint density at radius 2 is 1.52 bits per heavy atom. The number of hydrogen-bond acceptors (Lipinski definition) is 2. The summed E-state index contributed by atoms with van der Waals surface area (Å²) >= 11 is 0. The maximum Gasteiger partial charge on any atom is 0.416 e. The Kier molecular flexibility index (Phi) is 5.55. The van der Waals surface area contributed by atoms with Crippen molar-refractivity contribution >= 4 is 11.6 Å². The molecule has 0 saturated carbocycles. The first kappa shape index (κ1) is 22.3. The molecular weight excluding hydrogens is 431 g/mol. The van der Waals surface area contributed by atoms with Gasteiger partial charge in [0.15, 0.2) is 0 Å². The fourth-order valence-corrected chi connectivity index (χ4v) is 3.03. The number of benzene rings is 2. The Morgan fingerprint density at radius 1 is 0.968 bits per heavy atom. The summed E-state index contributed by atoms with van der Waals surface area (Å²) in [5.41, 5.74) is -3.93. The summed E-state index contributed by atoms with van der Waals surface area (Å²) in [6.45, 7) is 1.38. The number of para-hydroxylation sites is 1. The molecule has 0 fully saturated rings. The summed E-state index contributed by atoms with van der Waals surface area (Å²) in [7, 11) is 1.27. The number of carbonyl (C=O) groups is 1. The number of nitrogens with zero attached hydrogens (tertiary/aromatic N) is 2. The van der Waals surface area contributed by atoms with Crippen LogP contribution in [0, 0.1) is 12.9 Å². The van der Waals surface area contributed by atoms with Crippen molar-refractivity contribution in [1.29, 1.82) is 0 Å². The number of nitrogens with one attached hydrogen (secondary N) is 1. The molecule has 1 N–H and O–H groups in total. The number of aromatic nitrogens is 2. The monoisotopic (exact) mass is 445 g/mol. The molecule has 3 aromatic rings. The summed E-state index contributed by atoms with van der Waals surface area (Å²) in [6, 6.07) is 6.45. The second kappa shape index (κ2) is 7.71. The highest BCUT2D eigenvalue weighted by molar-refractivity contribution is 6.07. The van der Waals surface area contributed by atoms with Gasteiger partial charge in [0.1, 0.15) is 5.56 Å². The second-order valence-electron chi connectivity index (χ2n) is 6.67. The van der Waals surface area contributed by atoms with Gasteiger partial charge in [-0.25, -0.2) is 4.68 Å². The van der Waals surface area contributed by atoms with Gasteiger partial charge in [-0.05, 0) is 36.8 Å². The number of rotatable bonds is 3. The highest BCUT2D eigenvalue weighted by atomic mass is 19.4. The zero-order chi connectivity index (χ0) is 23.1. The lowest BCUT2D eigenvalue weighted by Gasteiger charge is -2.16. The van der Waals surface area contributed by atoms with Gasteiger partial charge >= 0.3 is 12.4 Å². The lowest BCUT2D eigenvalue weighted by Crippen LogP contribution is -2.15. The first-order valence-corrected chi connectivity index (χ1v) is 8.68. The second-order valence-corrected chi connectivity index (χ2v) is 6.67. The molecule has 0 atom stereocenters. The molecule has 0 aliphatic heterocycles. The smallest absolute Gasteiger partial charge is 0.321 e. The third-order valence-corrected chi connectivity index (χ3v) is 4.45. The van der Waals surface area contributed by atoms with Crippen LogP contribution in [-0.4, -0.2) is 15.7 Å². The minimum atomic E-state index is -5.02. The maximum atomic E-state index is 14.2. The molecule has 0 aliphatic rings. The maximum absolute atomic E-state index is 14.2. The molecule has 0 bridgehead atoms. The van der Waals surface area contributed by atoms with Crippen molar-refractivity contribution in [3.05, 3.63) is 70.8 Å². The van der Waals surface area contributed by atoms with Crippen LogP contribution in [0.15, 0.2) is 42.5 Å². The van der Waals surface area contributed by atoms with E-state index in [0.29, 0.717) is 12.1 Å². The minimum absolute atomic E-state index is 0.0130. The van der Waals surface area contributed by atoms with Crippen molar-refractivity contribution in [2.75, 3.05) is 5.32 Å². The SMILES string of the molecule is Cc1nn(C)c(F)c1C(=O)Nc1ccccc1-c1cc(C(F)(F)F)cc(C(F)(F)F)c1. The van der Waals surface area contributed by atoms with E-state index in [-0.39, 0.29) is 23.0 Å². The van der Waals surface area contributed by atoms with E-state index in [1.165, 1.54) is 38.2 Å². The number of hydrogen-bond donors (Lipinski definition) is 1. The van der Waals surface area contributed by atoms with E-state index >= 15 is 0 Å². The molecule has 0 unspecified atom stereocenters. The number of halogens is 7. The highest BCUT2D eigenvalue weighted by Crippen LogP contribution is 2.40. The molecule has 0 saturated heterocycles. The van der Waals surface area contributed by atoms with Crippen molar-refractivity contribution in [3.8, 4) is 11.1 Å². The van der Waals surface area contributed by atoms with Gasteiger partial charge in [0.2, 0.25) is 5.95 Å². The molecule has 3 rings (SSSR count). The van der Waals surface area contributed by atoms with Gasteiger partial charge in [-0.1, -0.05) is 18.2 Å². The molecule has 4 nitrogen and oxygen atoms in total. The number of alkyl halides is 6. The lowest BCUT2D eigenvalue weighted by molar-refractivity contribution is -0.143. The quantitative estimate of drug-likeness (QED) is 0.516. The van der Waals surface area contributed by atoms with Crippen LogP contribution in [0.25, 0.3) is 11.1 Å². The van der Waals surface area contributed by atoms with E-state index in [9.17, 15) is 35.5 Å². The van der Waals surface area contributed by atoms with E-state index < -0.39 is 46.5 Å². The Bertz CT molecular complexity index is 1110. The first-order valence-electron chi connectivity index (χ1n) is 8.68. The standard InChI is InChI=1S/C20H14F7N3O/c1-10-16(17(21)30(2)29-10)18(31)28-15-6-4-3-5-14(15)11-7-12(19(22,23)24)9-13(8-11)20(25,26)27/h3-9H,1-2H3,(H,28,31). The molecule has 164 valence electrons. The molecule has 0 radical (unpaired) electrons. The third kappa shape index (κ3) is 4.54. The fraction of sp³-hybridized carbons (Fsp3) is 0.200. The molecule has 1 amide bonds. The molecule has 2 aromatic carbocycles. The summed E-state index contributed by atoms with van der Waals surface area (Å²) in [5.74, 6) is -1.88. The van der Waals surface area contributed by atoms with Gasteiger partial charge in [0.25, 0.3) is 5.91 Å². The van der Waals surface area contributed by atoms with Gasteiger partial charge in [0.05, 0.1) is 16.8 Å². The average Bonchev–Trinajstić information content (AvgIpc) is 2.92. The summed E-state index contributed by atoms with van der Waals surface area (Å²) in [4.78, 5) is 12.5. The highest BCUT2D eigenvalue weighted by Gasteiger charge is 2.37. The van der Waals surface area contributed by atoms with Crippen molar-refractivity contribution in [2.24, 2.45) is 7.05 Å². The largest absolute Gasteiger partial charge is 0.416 e. The first-order chi connectivity index (χ1) is 14.3. The Hall–Kier alpha value is -3.37. The van der Waals surface area contributed by atoms with Gasteiger partial charge in [-0.2, -0.15) is 35.8 Å². The van der Waals surface area contributed by atoms with E-state index in [2.05, 4.69) is 10.4 Å². The van der Waals surface area contributed by atoms with Crippen LogP contribution in [0.3, 0.4) is 0 Å². The van der Waals surface area contributed by atoms with Gasteiger partial charge in [0, 0.05) is 18.3 Å². The van der Waals surface area contributed by atoms with Crippen LogP contribution < -0.4 is 5.32 Å². The predicted octanol–water partition coefficient (Wildman–Crippen LogP) is 5.82. The van der Waals surface area contributed by atoms with Crippen LogP contribution >= 0.6 is 0 Å². The van der Waals surface area contributed by atoms with Gasteiger partial charge < -0.3 is 5.32 Å².